The number of thiophene rings is 1. The Morgan fingerprint density at radius 1 is 1.19 bits per heavy atom. The molecule has 1 atom stereocenters. The molecule has 3 N–H and O–H groups in total. The maximum absolute atomic E-state index is 12.2. The molecule has 0 radical (unpaired) electrons. The first kappa shape index (κ1) is 19.9. The predicted octanol–water partition coefficient (Wildman–Crippen LogP) is 2.46. The van der Waals surface area contributed by atoms with Crippen molar-refractivity contribution in [3.8, 4) is 0 Å². The molecular formula is C17H20N2O5S2. The van der Waals surface area contributed by atoms with E-state index in [0.29, 0.717) is 11.3 Å². The maximum Gasteiger partial charge on any atom is 0.329 e. The van der Waals surface area contributed by atoms with Crippen LogP contribution in [0.25, 0.3) is 0 Å². The maximum atomic E-state index is 12.2. The van der Waals surface area contributed by atoms with Gasteiger partial charge in [0.1, 0.15) is 9.75 Å². The molecule has 0 aliphatic rings. The normalized spacial score (nSPS) is 13.6. The summed E-state index contributed by atoms with van der Waals surface area (Å²) in [5.41, 5.74) is -0.287. The van der Waals surface area contributed by atoms with Crippen LogP contribution >= 0.6 is 11.3 Å². The largest absolute Gasteiger partial charge is 0.480 e. The number of amides is 1. The van der Waals surface area contributed by atoms with Gasteiger partial charge in [-0.25, -0.2) is 13.2 Å². The minimum atomic E-state index is -3.62. The lowest BCUT2D eigenvalue weighted by Crippen LogP contribution is -2.52. The molecule has 1 unspecified atom stereocenters. The van der Waals surface area contributed by atoms with Crippen molar-refractivity contribution >= 4 is 38.9 Å². The Morgan fingerprint density at radius 3 is 2.35 bits per heavy atom. The summed E-state index contributed by atoms with van der Waals surface area (Å²) in [6.45, 7) is 3.14. The highest BCUT2D eigenvalue weighted by atomic mass is 32.2. The van der Waals surface area contributed by atoms with Gasteiger partial charge in [0.2, 0.25) is 5.91 Å². The fourth-order valence-corrected chi connectivity index (χ4v) is 4.19. The van der Waals surface area contributed by atoms with Crippen LogP contribution in [-0.2, 0) is 26.0 Å². The lowest BCUT2D eigenvalue weighted by Gasteiger charge is -2.24. The molecule has 2 rings (SSSR count). The van der Waals surface area contributed by atoms with Gasteiger partial charge in [-0.3, -0.25) is 9.52 Å². The van der Waals surface area contributed by atoms with E-state index >= 15 is 0 Å². The molecule has 2 aromatic rings. The highest BCUT2D eigenvalue weighted by Gasteiger charge is 2.32. The van der Waals surface area contributed by atoms with Crippen LogP contribution in [-0.4, -0.2) is 30.9 Å². The Balaban J connectivity index is 2.01. The Hall–Kier alpha value is -2.39. The van der Waals surface area contributed by atoms with Gasteiger partial charge in [-0.05, 0) is 42.5 Å². The minimum absolute atomic E-state index is 0.000818. The van der Waals surface area contributed by atoms with E-state index in [0.717, 1.165) is 11.3 Å². The quantitative estimate of drug-likeness (QED) is 0.634. The lowest BCUT2D eigenvalue weighted by atomic mass is 9.98. The van der Waals surface area contributed by atoms with E-state index in [2.05, 4.69) is 10.0 Å². The van der Waals surface area contributed by atoms with Gasteiger partial charge in [0.25, 0.3) is 10.0 Å². The van der Waals surface area contributed by atoms with Crippen LogP contribution in [0.2, 0.25) is 0 Å². The molecule has 0 aliphatic heterocycles. The monoisotopic (exact) mass is 396 g/mol. The zero-order chi connectivity index (χ0) is 19.4. The fraction of sp³-hybridized carbons (Fsp3) is 0.294. The second-order valence-electron chi connectivity index (χ2n) is 5.95. The number of carbonyl (C=O) groups is 2. The van der Waals surface area contributed by atoms with Crippen LogP contribution in [0.4, 0.5) is 5.69 Å². The molecule has 1 aromatic heterocycles. The lowest BCUT2D eigenvalue weighted by molar-refractivity contribution is -0.146. The topological polar surface area (TPSA) is 113 Å². The van der Waals surface area contributed by atoms with Gasteiger partial charge in [0, 0.05) is 5.69 Å². The van der Waals surface area contributed by atoms with Crippen molar-refractivity contribution in [3.63, 3.8) is 0 Å². The average molecular weight is 396 g/mol. The molecule has 9 heteroatoms. The smallest absolute Gasteiger partial charge is 0.329 e. The van der Waals surface area contributed by atoms with Crippen molar-refractivity contribution in [2.75, 3.05) is 4.72 Å². The van der Waals surface area contributed by atoms with E-state index in [9.17, 15) is 23.1 Å². The van der Waals surface area contributed by atoms with Gasteiger partial charge in [0.05, 0.1) is 6.42 Å². The summed E-state index contributed by atoms with van der Waals surface area (Å²) in [5.74, 6) is -1.50. The van der Waals surface area contributed by atoms with Crippen LogP contribution < -0.4 is 10.0 Å². The average Bonchev–Trinajstić information content (AvgIpc) is 3.11. The molecule has 0 saturated carbocycles. The number of aliphatic carboxylic acids is 1. The van der Waals surface area contributed by atoms with Gasteiger partial charge in [-0.2, -0.15) is 0 Å². The zero-order valence-corrected chi connectivity index (χ0v) is 16.0. The summed E-state index contributed by atoms with van der Waals surface area (Å²) in [5, 5.41) is 13.4. The molecule has 0 bridgehead atoms. The molecule has 7 nitrogen and oxygen atoms in total. The Morgan fingerprint density at radius 2 is 1.85 bits per heavy atom. The number of hydrogen-bond acceptors (Lipinski definition) is 5. The number of nitrogens with one attached hydrogen (secondary N) is 2. The van der Waals surface area contributed by atoms with Crippen LogP contribution in [0.3, 0.4) is 0 Å². The number of carboxylic acids is 1. The van der Waals surface area contributed by atoms with Crippen molar-refractivity contribution in [3.05, 3.63) is 47.3 Å². The fourth-order valence-electron chi connectivity index (χ4n) is 2.14. The van der Waals surface area contributed by atoms with Crippen molar-refractivity contribution in [1.82, 2.24) is 5.32 Å². The third-order valence-corrected chi connectivity index (χ3v) is 6.70. The summed E-state index contributed by atoms with van der Waals surface area (Å²) in [7, 11) is -3.62. The zero-order valence-electron chi connectivity index (χ0n) is 14.4. The second-order valence-corrected chi connectivity index (χ2v) is 8.81. The molecule has 0 aliphatic carbocycles. The molecule has 140 valence electrons. The molecule has 1 heterocycles. The third kappa shape index (κ3) is 4.83. The standard InChI is InChI=1S/C17H20N2O5S2/c1-3-17(2,16(21)22)18-14(20)11-12-6-8-13(9-7-12)19-26(23,24)15-5-4-10-25-15/h4-10,19H,3,11H2,1-2H3,(H,18,20)(H,21,22). The summed E-state index contributed by atoms with van der Waals surface area (Å²) in [4.78, 5) is 23.3. The molecule has 1 aromatic carbocycles. The van der Waals surface area contributed by atoms with E-state index in [4.69, 9.17) is 0 Å². The van der Waals surface area contributed by atoms with Gasteiger partial charge in [-0.1, -0.05) is 25.1 Å². The first-order valence-electron chi connectivity index (χ1n) is 7.86. The minimum Gasteiger partial charge on any atom is -0.480 e. The molecule has 1 amide bonds. The van der Waals surface area contributed by atoms with Crippen molar-refractivity contribution in [1.29, 1.82) is 0 Å². The number of sulfonamides is 1. The van der Waals surface area contributed by atoms with Crippen molar-refractivity contribution in [2.45, 2.75) is 36.4 Å². The highest BCUT2D eigenvalue weighted by Crippen LogP contribution is 2.20. The van der Waals surface area contributed by atoms with E-state index < -0.39 is 27.4 Å². The first-order valence-corrected chi connectivity index (χ1v) is 10.2. The molecule has 26 heavy (non-hydrogen) atoms. The summed E-state index contributed by atoms with van der Waals surface area (Å²) < 4.78 is 27.0. The number of rotatable bonds is 8. The number of anilines is 1. The van der Waals surface area contributed by atoms with Gasteiger partial charge < -0.3 is 10.4 Å². The van der Waals surface area contributed by atoms with Crippen LogP contribution in [0.1, 0.15) is 25.8 Å². The summed E-state index contributed by atoms with van der Waals surface area (Å²) in [6.07, 6.45) is 0.262. The summed E-state index contributed by atoms with van der Waals surface area (Å²) in [6, 6.07) is 9.53. The van der Waals surface area contributed by atoms with E-state index in [1.165, 1.54) is 13.0 Å². The van der Waals surface area contributed by atoms with Gasteiger partial charge in [0.15, 0.2) is 0 Å². The van der Waals surface area contributed by atoms with Gasteiger partial charge >= 0.3 is 5.97 Å². The third-order valence-electron chi connectivity index (χ3n) is 3.93. The second kappa shape index (κ2) is 7.88. The van der Waals surface area contributed by atoms with Gasteiger partial charge in [-0.15, -0.1) is 11.3 Å². The van der Waals surface area contributed by atoms with Crippen LogP contribution in [0, 0.1) is 0 Å². The Labute approximate surface area is 156 Å². The van der Waals surface area contributed by atoms with E-state index in [1.54, 1.807) is 42.6 Å². The predicted molar refractivity (Wildman–Crippen MR) is 99.7 cm³/mol. The van der Waals surface area contributed by atoms with Crippen molar-refractivity contribution < 1.29 is 23.1 Å². The molecular weight excluding hydrogens is 376 g/mol. The highest BCUT2D eigenvalue weighted by molar-refractivity contribution is 7.94. The van der Waals surface area contributed by atoms with Crippen LogP contribution in [0.15, 0.2) is 46.0 Å². The summed E-state index contributed by atoms with van der Waals surface area (Å²) >= 11 is 1.12. The van der Waals surface area contributed by atoms with E-state index in [-0.39, 0.29) is 17.1 Å². The number of benzene rings is 1. The van der Waals surface area contributed by atoms with E-state index in [1.807, 2.05) is 0 Å². The Bertz CT molecular complexity index is 876. The SMILES string of the molecule is CCC(C)(NC(=O)Cc1ccc(NS(=O)(=O)c2cccs2)cc1)C(=O)O. The molecule has 0 saturated heterocycles. The van der Waals surface area contributed by atoms with Crippen molar-refractivity contribution in [2.24, 2.45) is 0 Å². The number of carbonyl (C=O) groups excluding carboxylic acids is 1. The number of hydrogen-bond donors (Lipinski definition) is 3. The first-order chi connectivity index (χ1) is 12.2. The molecule has 0 spiro atoms. The Kier molecular flexibility index (Phi) is 6.04. The number of carboxylic acid groups (broad SMARTS) is 1. The molecule has 0 fully saturated rings. The van der Waals surface area contributed by atoms with Crippen LogP contribution in [0.5, 0.6) is 0 Å².